The number of nitrogens with one attached hydrogen (secondary N) is 2. The maximum absolute atomic E-state index is 6.09. The quantitative estimate of drug-likeness (QED) is 0.633. The minimum atomic E-state index is 0.663. The molecule has 0 atom stereocenters. The molecule has 2 aromatic carbocycles. The number of ether oxygens (including phenoxy) is 1. The SMILES string of the molecule is COc1ccc(CNc2cc(Nc3cc(Cl)ccc3C)nc(C)n2)cc1. The lowest BCUT2D eigenvalue weighted by Crippen LogP contribution is -2.05. The normalized spacial score (nSPS) is 10.5. The number of nitrogens with zero attached hydrogens (tertiary/aromatic N) is 2. The number of rotatable bonds is 6. The fourth-order valence-electron chi connectivity index (χ4n) is 2.53. The van der Waals surface area contributed by atoms with Gasteiger partial charge in [-0.1, -0.05) is 29.8 Å². The molecule has 6 heteroatoms. The third kappa shape index (κ3) is 4.64. The van der Waals surface area contributed by atoms with Gasteiger partial charge in [-0.15, -0.1) is 0 Å². The summed E-state index contributed by atoms with van der Waals surface area (Å²) in [7, 11) is 1.66. The molecular weight excluding hydrogens is 348 g/mol. The predicted octanol–water partition coefficient (Wildman–Crippen LogP) is 5.11. The number of anilines is 3. The van der Waals surface area contributed by atoms with E-state index in [1.54, 1.807) is 7.11 Å². The summed E-state index contributed by atoms with van der Waals surface area (Å²) in [6.07, 6.45) is 0. The molecule has 5 nitrogen and oxygen atoms in total. The number of benzene rings is 2. The van der Waals surface area contributed by atoms with Crippen LogP contribution in [0, 0.1) is 13.8 Å². The first-order chi connectivity index (χ1) is 12.5. The van der Waals surface area contributed by atoms with Gasteiger partial charge in [-0.2, -0.15) is 0 Å². The Morgan fingerprint density at radius 1 is 0.962 bits per heavy atom. The molecular formula is C20H21ClN4O. The van der Waals surface area contributed by atoms with Crippen LogP contribution in [0.25, 0.3) is 0 Å². The van der Waals surface area contributed by atoms with E-state index in [0.717, 1.165) is 34.2 Å². The molecule has 0 radical (unpaired) electrons. The van der Waals surface area contributed by atoms with E-state index in [1.807, 2.05) is 62.4 Å². The van der Waals surface area contributed by atoms with Crippen LogP contribution in [0.1, 0.15) is 17.0 Å². The van der Waals surface area contributed by atoms with Gasteiger partial charge in [-0.3, -0.25) is 0 Å². The molecule has 1 aromatic heterocycles. The van der Waals surface area contributed by atoms with Crippen LogP contribution in [0.3, 0.4) is 0 Å². The Labute approximate surface area is 158 Å². The highest BCUT2D eigenvalue weighted by Crippen LogP contribution is 2.24. The van der Waals surface area contributed by atoms with Crippen LogP contribution in [0.15, 0.2) is 48.5 Å². The zero-order valence-electron chi connectivity index (χ0n) is 15.0. The molecule has 0 saturated heterocycles. The van der Waals surface area contributed by atoms with Crippen LogP contribution in [-0.4, -0.2) is 17.1 Å². The topological polar surface area (TPSA) is 59.1 Å². The largest absolute Gasteiger partial charge is 0.497 e. The lowest BCUT2D eigenvalue weighted by Gasteiger charge is -2.12. The van der Waals surface area contributed by atoms with Crippen LogP contribution in [0.4, 0.5) is 17.3 Å². The molecule has 2 N–H and O–H groups in total. The highest BCUT2D eigenvalue weighted by atomic mass is 35.5. The minimum Gasteiger partial charge on any atom is -0.497 e. The molecule has 26 heavy (non-hydrogen) atoms. The average molecular weight is 369 g/mol. The second kappa shape index (κ2) is 8.06. The van der Waals surface area contributed by atoms with Crippen molar-refractivity contribution >= 4 is 28.9 Å². The molecule has 0 aliphatic heterocycles. The third-order valence-corrected chi connectivity index (χ3v) is 4.17. The van der Waals surface area contributed by atoms with Gasteiger partial charge in [-0.25, -0.2) is 9.97 Å². The fourth-order valence-corrected chi connectivity index (χ4v) is 2.70. The van der Waals surface area contributed by atoms with Crippen molar-refractivity contribution in [2.75, 3.05) is 17.7 Å². The molecule has 0 amide bonds. The zero-order valence-corrected chi connectivity index (χ0v) is 15.8. The van der Waals surface area contributed by atoms with E-state index >= 15 is 0 Å². The monoisotopic (exact) mass is 368 g/mol. The van der Waals surface area contributed by atoms with Crippen molar-refractivity contribution < 1.29 is 4.74 Å². The molecule has 0 saturated carbocycles. The summed E-state index contributed by atoms with van der Waals surface area (Å²) in [5, 5.41) is 7.33. The van der Waals surface area contributed by atoms with E-state index in [9.17, 15) is 0 Å². The van der Waals surface area contributed by atoms with Crippen molar-refractivity contribution in [3.8, 4) is 5.75 Å². The molecule has 0 bridgehead atoms. The Morgan fingerprint density at radius 3 is 2.42 bits per heavy atom. The highest BCUT2D eigenvalue weighted by Gasteiger charge is 2.05. The maximum atomic E-state index is 6.09. The first-order valence-electron chi connectivity index (χ1n) is 8.29. The third-order valence-electron chi connectivity index (χ3n) is 3.93. The van der Waals surface area contributed by atoms with Gasteiger partial charge in [0.2, 0.25) is 0 Å². The average Bonchev–Trinajstić information content (AvgIpc) is 2.63. The van der Waals surface area contributed by atoms with Gasteiger partial charge in [0.1, 0.15) is 23.2 Å². The Kier molecular flexibility index (Phi) is 5.58. The molecule has 0 aliphatic carbocycles. The summed E-state index contributed by atoms with van der Waals surface area (Å²) in [4.78, 5) is 8.91. The van der Waals surface area contributed by atoms with Crippen LogP contribution in [0.5, 0.6) is 5.75 Å². The lowest BCUT2D eigenvalue weighted by molar-refractivity contribution is 0.414. The van der Waals surface area contributed by atoms with Crippen molar-refractivity contribution in [1.82, 2.24) is 9.97 Å². The molecule has 3 rings (SSSR count). The van der Waals surface area contributed by atoms with Gasteiger partial charge >= 0.3 is 0 Å². The van der Waals surface area contributed by atoms with Crippen molar-refractivity contribution in [2.24, 2.45) is 0 Å². The summed E-state index contributed by atoms with van der Waals surface area (Å²) < 4.78 is 5.18. The summed E-state index contributed by atoms with van der Waals surface area (Å²) >= 11 is 6.09. The Morgan fingerprint density at radius 2 is 1.69 bits per heavy atom. The number of aromatic nitrogens is 2. The van der Waals surface area contributed by atoms with Gasteiger partial charge in [0.25, 0.3) is 0 Å². The summed E-state index contributed by atoms with van der Waals surface area (Å²) in [6, 6.07) is 15.5. The van der Waals surface area contributed by atoms with E-state index in [0.29, 0.717) is 17.4 Å². The van der Waals surface area contributed by atoms with Crippen LogP contribution < -0.4 is 15.4 Å². The molecule has 0 unspecified atom stereocenters. The van der Waals surface area contributed by atoms with E-state index in [-0.39, 0.29) is 0 Å². The van der Waals surface area contributed by atoms with Crippen molar-refractivity contribution in [3.63, 3.8) is 0 Å². The number of methoxy groups -OCH3 is 1. The second-order valence-corrected chi connectivity index (χ2v) is 6.41. The molecule has 1 heterocycles. The second-order valence-electron chi connectivity index (χ2n) is 5.97. The van der Waals surface area contributed by atoms with Gasteiger partial charge in [0, 0.05) is 23.3 Å². The molecule has 3 aromatic rings. The van der Waals surface area contributed by atoms with Gasteiger partial charge < -0.3 is 15.4 Å². The number of aryl methyl sites for hydroxylation is 2. The molecule has 134 valence electrons. The van der Waals surface area contributed by atoms with Crippen LogP contribution in [-0.2, 0) is 6.54 Å². The van der Waals surface area contributed by atoms with Crippen molar-refractivity contribution in [1.29, 1.82) is 0 Å². The number of halogens is 1. The van der Waals surface area contributed by atoms with Gasteiger partial charge in [0.15, 0.2) is 0 Å². The van der Waals surface area contributed by atoms with E-state index in [4.69, 9.17) is 16.3 Å². The maximum Gasteiger partial charge on any atom is 0.136 e. The minimum absolute atomic E-state index is 0.663. The summed E-state index contributed by atoms with van der Waals surface area (Å²) in [5.74, 6) is 3.01. The Balaban J connectivity index is 1.73. The van der Waals surface area contributed by atoms with Gasteiger partial charge in [0.05, 0.1) is 7.11 Å². The van der Waals surface area contributed by atoms with Gasteiger partial charge in [-0.05, 0) is 49.2 Å². The fraction of sp³-hybridized carbons (Fsp3) is 0.200. The van der Waals surface area contributed by atoms with Crippen molar-refractivity contribution in [2.45, 2.75) is 20.4 Å². The van der Waals surface area contributed by atoms with E-state index in [2.05, 4.69) is 20.6 Å². The summed E-state index contributed by atoms with van der Waals surface area (Å²) in [5.41, 5.74) is 3.16. The standard InChI is InChI=1S/C20H21ClN4O/c1-13-4-7-16(21)10-18(13)25-20-11-19(23-14(2)24-20)22-12-15-5-8-17(26-3)9-6-15/h4-11H,12H2,1-3H3,(H2,22,23,24,25). The summed E-state index contributed by atoms with van der Waals surface area (Å²) in [6.45, 7) is 4.56. The highest BCUT2D eigenvalue weighted by molar-refractivity contribution is 6.30. The Hall–Kier alpha value is -2.79. The number of hydrogen-bond donors (Lipinski definition) is 2. The van der Waals surface area contributed by atoms with Crippen molar-refractivity contribution in [3.05, 3.63) is 70.5 Å². The van der Waals surface area contributed by atoms with Crippen LogP contribution in [0.2, 0.25) is 5.02 Å². The lowest BCUT2D eigenvalue weighted by atomic mass is 10.2. The molecule has 0 aliphatic rings. The van der Waals surface area contributed by atoms with Crippen LogP contribution >= 0.6 is 11.6 Å². The first kappa shape index (κ1) is 18.0. The predicted molar refractivity (Wildman–Crippen MR) is 107 cm³/mol. The van der Waals surface area contributed by atoms with E-state index < -0.39 is 0 Å². The molecule has 0 spiro atoms. The van der Waals surface area contributed by atoms with E-state index in [1.165, 1.54) is 0 Å². The molecule has 0 fully saturated rings. The number of hydrogen-bond acceptors (Lipinski definition) is 5. The smallest absolute Gasteiger partial charge is 0.136 e. The Bertz CT molecular complexity index is 897. The first-order valence-corrected chi connectivity index (χ1v) is 8.67. The zero-order chi connectivity index (χ0) is 18.5.